The van der Waals surface area contributed by atoms with Crippen molar-refractivity contribution in [3.63, 3.8) is 0 Å². The van der Waals surface area contributed by atoms with Gasteiger partial charge in [-0.25, -0.2) is 0 Å². The average molecular weight is 350 g/mol. The fourth-order valence-corrected chi connectivity index (χ4v) is 3.34. The van der Waals surface area contributed by atoms with Gasteiger partial charge in [-0.1, -0.05) is 36.4 Å². The van der Waals surface area contributed by atoms with Crippen molar-refractivity contribution in [3.8, 4) is 17.2 Å². The van der Waals surface area contributed by atoms with Gasteiger partial charge in [0.25, 0.3) is 0 Å². The number of phenolic OH excluding ortho intramolecular Hbond substituents is 3. The van der Waals surface area contributed by atoms with Gasteiger partial charge < -0.3 is 19.8 Å². The molecule has 0 aliphatic heterocycles. The number of phenols is 3. The molecule has 0 unspecified atom stereocenters. The van der Waals surface area contributed by atoms with Gasteiger partial charge in [0.15, 0.2) is 0 Å². The molecule has 0 atom stereocenters. The largest absolute Gasteiger partial charge is 0.507 e. The molecule has 0 aromatic heterocycles. The van der Waals surface area contributed by atoms with Crippen molar-refractivity contribution in [2.75, 3.05) is 7.05 Å². The molecule has 4 nitrogen and oxygen atoms in total. The highest BCUT2D eigenvalue weighted by Crippen LogP contribution is 2.30. The van der Waals surface area contributed by atoms with Gasteiger partial charge >= 0.3 is 0 Å². The summed E-state index contributed by atoms with van der Waals surface area (Å²) < 4.78 is 0.493. The number of hydrogen-bond donors (Lipinski definition) is 3. The van der Waals surface area contributed by atoms with Crippen molar-refractivity contribution in [1.29, 1.82) is 0 Å². The molecule has 0 saturated heterocycles. The van der Waals surface area contributed by atoms with E-state index in [1.807, 2.05) is 36.4 Å². The quantitative estimate of drug-likeness (QED) is 0.585. The van der Waals surface area contributed by atoms with Crippen LogP contribution in [0.5, 0.6) is 17.2 Å². The van der Waals surface area contributed by atoms with Crippen LogP contribution in [-0.4, -0.2) is 26.9 Å². The Bertz CT molecular complexity index is 776. The van der Waals surface area contributed by atoms with Gasteiger partial charge in [-0.15, -0.1) is 0 Å². The Hall–Kier alpha value is -2.98. The summed E-state index contributed by atoms with van der Waals surface area (Å²) in [5, 5.41) is 30.6. The van der Waals surface area contributed by atoms with Gasteiger partial charge in [0, 0.05) is 16.7 Å². The van der Waals surface area contributed by atoms with Crippen LogP contribution < -0.4 is 0 Å². The predicted molar refractivity (Wildman–Crippen MR) is 102 cm³/mol. The molecule has 4 heteroatoms. The minimum Gasteiger partial charge on any atom is -0.507 e. The highest BCUT2D eigenvalue weighted by Gasteiger charge is 2.27. The zero-order valence-electron chi connectivity index (χ0n) is 14.8. The number of aromatic hydroxyl groups is 3. The molecule has 134 valence electrons. The standard InChI is InChI=1S/C22H23NO3/c1-23(14-17-8-2-5-11-20(17)24,15-18-9-3-6-12-21(18)25)16-19-10-4-7-13-22(19)26/h2-13H,14-16H2,1H3,(H2-,24,25,26)/p+1. The summed E-state index contributed by atoms with van der Waals surface area (Å²) in [7, 11) is 2.06. The summed E-state index contributed by atoms with van der Waals surface area (Å²) in [6.07, 6.45) is 0. The molecular weight excluding hydrogens is 326 g/mol. The molecule has 0 bridgehead atoms. The van der Waals surface area contributed by atoms with Gasteiger partial charge in [-0.05, 0) is 36.4 Å². The minimum absolute atomic E-state index is 0.256. The lowest BCUT2D eigenvalue weighted by molar-refractivity contribution is -0.948. The van der Waals surface area contributed by atoms with Crippen LogP contribution in [-0.2, 0) is 19.6 Å². The molecule has 0 amide bonds. The topological polar surface area (TPSA) is 60.7 Å². The van der Waals surface area contributed by atoms with Crippen molar-refractivity contribution in [2.45, 2.75) is 19.6 Å². The van der Waals surface area contributed by atoms with Crippen LogP contribution in [0.25, 0.3) is 0 Å². The Morgan fingerprint density at radius 3 is 1.08 bits per heavy atom. The van der Waals surface area contributed by atoms with Crippen molar-refractivity contribution in [3.05, 3.63) is 89.5 Å². The Kier molecular flexibility index (Phi) is 5.14. The van der Waals surface area contributed by atoms with E-state index in [1.165, 1.54) is 0 Å². The van der Waals surface area contributed by atoms with E-state index in [1.54, 1.807) is 36.4 Å². The Morgan fingerprint density at radius 2 is 0.808 bits per heavy atom. The van der Waals surface area contributed by atoms with Gasteiger partial charge in [0.1, 0.15) is 36.9 Å². The number of rotatable bonds is 6. The third-order valence-electron chi connectivity index (χ3n) is 4.63. The number of para-hydroxylation sites is 3. The van der Waals surface area contributed by atoms with E-state index in [0.29, 0.717) is 24.1 Å². The molecule has 0 aliphatic rings. The maximum Gasteiger partial charge on any atom is 0.124 e. The first-order valence-corrected chi connectivity index (χ1v) is 8.61. The third-order valence-corrected chi connectivity index (χ3v) is 4.63. The molecule has 3 aromatic rings. The molecular formula is C22H24NO3+. The van der Waals surface area contributed by atoms with Crippen molar-refractivity contribution in [2.24, 2.45) is 0 Å². The number of quaternary nitrogens is 1. The van der Waals surface area contributed by atoms with E-state index in [2.05, 4.69) is 7.05 Å². The molecule has 0 radical (unpaired) electrons. The van der Waals surface area contributed by atoms with Crippen LogP contribution in [0.3, 0.4) is 0 Å². The smallest absolute Gasteiger partial charge is 0.124 e. The summed E-state index contributed by atoms with van der Waals surface area (Å²) in [5.41, 5.74) is 2.50. The van der Waals surface area contributed by atoms with Crippen LogP contribution in [0.2, 0.25) is 0 Å². The zero-order valence-corrected chi connectivity index (χ0v) is 14.8. The molecule has 0 spiro atoms. The molecule has 0 heterocycles. The van der Waals surface area contributed by atoms with Crippen LogP contribution in [0.15, 0.2) is 72.8 Å². The lowest BCUT2D eigenvalue weighted by Crippen LogP contribution is -2.41. The number of benzene rings is 3. The monoisotopic (exact) mass is 350 g/mol. The first-order chi connectivity index (χ1) is 12.5. The third kappa shape index (κ3) is 4.16. The van der Waals surface area contributed by atoms with Crippen LogP contribution in [0, 0.1) is 0 Å². The van der Waals surface area contributed by atoms with Crippen LogP contribution in [0.1, 0.15) is 16.7 Å². The van der Waals surface area contributed by atoms with E-state index in [4.69, 9.17) is 0 Å². The fraction of sp³-hybridized carbons (Fsp3) is 0.182. The van der Waals surface area contributed by atoms with Crippen molar-refractivity contribution >= 4 is 0 Å². The summed E-state index contributed by atoms with van der Waals surface area (Å²) in [6.45, 7) is 1.69. The second kappa shape index (κ2) is 7.50. The summed E-state index contributed by atoms with van der Waals surface area (Å²) in [4.78, 5) is 0. The van der Waals surface area contributed by atoms with Gasteiger partial charge in [-0.2, -0.15) is 0 Å². The van der Waals surface area contributed by atoms with Crippen LogP contribution >= 0.6 is 0 Å². The first kappa shape index (κ1) is 17.8. The summed E-state index contributed by atoms with van der Waals surface area (Å²) in [6, 6.07) is 21.9. The lowest BCUT2D eigenvalue weighted by Gasteiger charge is -2.35. The Morgan fingerprint density at radius 1 is 0.538 bits per heavy atom. The number of hydrogen-bond acceptors (Lipinski definition) is 3. The van der Waals surface area contributed by atoms with E-state index in [9.17, 15) is 15.3 Å². The van der Waals surface area contributed by atoms with E-state index >= 15 is 0 Å². The number of nitrogens with zero attached hydrogens (tertiary/aromatic N) is 1. The summed E-state index contributed by atoms with van der Waals surface area (Å²) in [5.74, 6) is 0.768. The van der Waals surface area contributed by atoms with Crippen molar-refractivity contribution in [1.82, 2.24) is 0 Å². The van der Waals surface area contributed by atoms with E-state index in [0.717, 1.165) is 16.7 Å². The molecule has 3 rings (SSSR count). The highest BCUT2D eigenvalue weighted by molar-refractivity contribution is 5.34. The minimum atomic E-state index is 0.256. The highest BCUT2D eigenvalue weighted by atomic mass is 16.3. The maximum absolute atomic E-state index is 10.2. The molecule has 3 aromatic carbocycles. The molecule has 0 aliphatic carbocycles. The van der Waals surface area contributed by atoms with Crippen LogP contribution in [0.4, 0.5) is 0 Å². The van der Waals surface area contributed by atoms with E-state index < -0.39 is 0 Å². The van der Waals surface area contributed by atoms with Gasteiger partial charge in [0.05, 0.1) is 7.05 Å². The lowest BCUT2D eigenvalue weighted by atomic mass is 10.1. The fourth-order valence-electron chi connectivity index (χ4n) is 3.34. The van der Waals surface area contributed by atoms with Gasteiger partial charge in [-0.3, -0.25) is 0 Å². The van der Waals surface area contributed by atoms with Crippen molar-refractivity contribution < 1.29 is 19.8 Å². The molecule has 26 heavy (non-hydrogen) atoms. The Balaban J connectivity index is 1.96. The maximum atomic E-state index is 10.2. The predicted octanol–water partition coefficient (Wildman–Crippen LogP) is 4.15. The second-order valence-electron chi connectivity index (χ2n) is 6.98. The molecule has 0 saturated carbocycles. The SMILES string of the molecule is C[N+](Cc1ccccc1O)(Cc1ccccc1O)Cc1ccccc1O. The second-order valence-corrected chi connectivity index (χ2v) is 6.98. The van der Waals surface area contributed by atoms with Gasteiger partial charge in [0.2, 0.25) is 0 Å². The normalized spacial score (nSPS) is 11.4. The first-order valence-electron chi connectivity index (χ1n) is 8.61. The van der Waals surface area contributed by atoms with E-state index in [-0.39, 0.29) is 17.2 Å². The zero-order chi connectivity index (χ0) is 18.6. The molecule has 0 fully saturated rings. The average Bonchev–Trinajstić information content (AvgIpc) is 2.61. The molecule has 3 N–H and O–H groups in total. The summed E-state index contributed by atoms with van der Waals surface area (Å²) >= 11 is 0. The Labute approximate surface area is 153 Å².